The first-order valence-corrected chi connectivity index (χ1v) is 10.7. The van der Waals surface area contributed by atoms with Crippen molar-refractivity contribution in [2.24, 2.45) is 0 Å². The molecular formula is C21H26F3N3O2S. The molecule has 0 bridgehead atoms. The number of halogens is 3. The normalized spacial score (nSPS) is 16.5. The van der Waals surface area contributed by atoms with Gasteiger partial charge in [-0.05, 0) is 45.7 Å². The Bertz CT molecular complexity index is 852. The van der Waals surface area contributed by atoms with Crippen LogP contribution in [0, 0.1) is 0 Å². The minimum absolute atomic E-state index is 0.0919. The third-order valence-electron chi connectivity index (χ3n) is 4.70. The monoisotopic (exact) mass is 441 g/mol. The SMILES string of the molecule is CC(C)(C)OC(=O)NC1CCN(Cc2csc(-c3ccc(C(F)(F)F)cc3)n2)CC1. The van der Waals surface area contributed by atoms with Gasteiger partial charge in [0.05, 0.1) is 11.3 Å². The number of amides is 1. The standard InChI is InChI=1S/C21H26F3N3O2S/c1-20(2,3)29-19(28)26-16-8-10-27(11-9-16)12-17-13-30-18(25-17)14-4-6-15(7-5-14)21(22,23)24/h4-7,13,16H,8-12H2,1-3H3,(H,26,28). The van der Waals surface area contributed by atoms with E-state index >= 15 is 0 Å². The van der Waals surface area contributed by atoms with E-state index < -0.39 is 17.3 Å². The number of alkyl halides is 3. The van der Waals surface area contributed by atoms with Crippen LogP contribution in [0.25, 0.3) is 10.6 Å². The van der Waals surface area contributed by atoms with E-state index in [4.69, 9.17) is 4.74 Å². The van der Waals surface area contributed by atoms with E-state index in [1.165, 1.54) is 23.5 Å². The van der Waals surface area contributed by atoms with Crippen molar-refractivity contribution >= 4 is 17.4 Å². The average molecular weight is 442 g/mol. The van der Waals surface area contributed by atoms with Crippen LogP contribution < -0.4 is 5.32 Å². The molecule has 1 fully saturated rings. The van der Waals surface area contributed by atoms with E-state index in [9.17, 15) is 18.0 Å². The van der Waals surface area contributed by atoms with Gasteiger partial charge < -0.3 is 10.1 Å². The maximum Gasteiger partial charge on any atom is 0.416 e. The molecule has 1 aliphatic heterocycles. The molecule has 0 aliphatic carbocycles. The second kappa shape index (κ2) is 8.93. The quantitative estimate of drug-likeness (QED) is 0.698. The summed E-state index contributed by atoms with van der Waals surface area (Å²) in [7, 11) is 0. The van der Waals surface area contributed by atoms with E-state index in [1.807, 2.05) is 26.2 Å². The van der Waals surface area contributed by atoms with Crippen LogP contribution in [0.15, 0.2) is 29.6 Å². The highest BCUT2D eigenvalue weighted by Gasteiger charge is 2.30. The number of nitrogens with zero attached hydrogens (tertiary/aromatic N) is 2. The predicted octanol–water partition coefficient (Wildman–Crippen LogP) is 5.32. The summed E-state index contributed by atoms with van der Waals surface area (Å²) in [5.74, 6) is 0. The molecule has 0 atom stereocenters. The summed E-state index contributed by atoms with van der Waals surface area (Å²) in [5, 5.41) is 5.57. The Morgan fingerprint density at radius 1 is 1.20 bits per heavy atom. The number of hydrogen-bond donors (Lipinski definition) is 1. The number of thiazole rings is 1. The van der Waals surface area contributed by atoms with Crippen molar-refractivity contribution in [3.63, 3.8) is 0 Å². The predicted molar refractivity (Wildman–Crippen MR) is 110 cm³/mol. The first kappa shape index (κ1) is 22.6. The van der Waals surface area contributed by atoms with Gasteiger partial charge in [0.1, 0.15) is 10.6 Å². The maximum absolute atomic E-state index is 12.7. The molecule has 5 nitrogen and oxygen atoms in total. The summed E-state index contributed by atoms with van der Waals surface area (Å²) >= 11 is 1.43. The van der Waals surface area contributed by atoms with Crippen molar-refractivity contribution in [2.75, 3.05) is 13.1 Å². The van der Waals surface area contributed by atoms with E-state index in [1.54, 1.807) is 0 Å². The molecule has 9 heteroatoms. The fourth-order valence-corrected chi connectivity index (χ4v) is 4.07. The molecule has 1 aromatic carbocycles. The number of alkyl carbamates (subject to hydrolysis) is 1. The molecule has 0 unspecified atom stereocenters. The van der Waals surface area contributed by atoms with Gasteiger partial charge in [-0.3, -0.25) is 4.90 Å². The average Bonchev–Trinajstić information content (AvgIpc) is 3.10. The summed E-state index contributed by atoms with van der Waals surface area (Å²) in [6.07, 6.45) is -3.07. The van der Waals surface area contributed by atoms with Crippen LogP contribution in [0.1, 0.15) is 44.9 Å². The Balaban J connectivity index is 1.50. The topological polar surface area (TPSA) is 54.5 Å². The fraction of sp³-hybridized carbons (Fsp3) is 0.524. The summed E-state index contributed by atoms with van der Waals surface area (Å²) in [4.78, 5) is 18.7. The number of likely N-dealkylation sites (tertiary alicyclic amines) is 1. The van der Waals surface area contributed by atoms with Crippen LogP contribution >= 0.6 is 11.3 Å². The van der Waals surface area contributed by atoms with Gasteiger partial charge in [-0.15, -0.1) is 11.3 Å². The summed E-state index contributed by atoms with van der Waals surface area (Å²) in [6, 6.07) is 5.17. The van der Waals surface area contributed by atoms with Gasteiger partial charge >= 0.3 is 12.3 Å². The molecule has 1 saturated heterocycles. The number of hydrogen-bond acceptors (Lipinski definition) is 5. The molecule has 0 radical (unpaired) electrons. The van der Waals surface area contributed by atoms with Gasteiger partial charge in [0.15, 0.2) is 0 Å². The smallest absolute Gasteiger partial charge is 0.416 e. The van der Waals surface area contributed by atoms with Crippen molar-refractivity contribution in [2.45, 2.75) is 58.0 Å². The molecule has 0 saturated carbocycles. The summed E-state index contributed by atoms with van der Waals surface area (Å²) in [5.41, 5.74) is 0.402. The van der Waals surface area contributed by atoms with Crippen molar-refractivity contribution in [1.29, 1.82) is 0 Å². The Kier molecular flexibility index (Phi) is 6.71. The molecule has 1 N–H and O–H groups in total. The van der Waals surface area contributed by atoms with Gasteiger partial charge in [0, 0.05) is 36.6 Å². The second-order valence-electron chi connectivity index (χ2n) is 8.42. The molecule has 1 aromatic heterocycles. The zero-order valence-electron chi connectivity index (χ0n) is 17.3. The second-order valence-corrected chi connectivity index (χ2v) is 9.27. The zero-order chi connectivity index (χ0) is 21.9. The van der Waals surface area contributed by atoms with Crippen LogP contribution in [0.4, 0.5) is 18.0 Å². The van der Waals surface area contributed by atoms with Crippen molar-refractivity contribution in [1.82, 2.24) is 15.2 Å². The van der Waals surface area contributed by atoms with E-state index in [2.05, 4.69) is 15.2 Å². The Hall–Kier alpha value is -2.13. The zero-order valence-corrected chi connectivity index (χ0v) is 18.1. The highest BCUT2D eigenvalue weighted by atomic mass is 32.1. The molecule has 2 aromatic rings. The van der Waals surface area contributed by atoms with Gasteiger partial charge in [-0.2, -0.15) is 13.2 Å². The van der Waals surface area contributed by atoms with Crippen molar-refractivity contribution < 1.29 is 22.7 Å². The Labute approximate surface area is 178 Å². The summed E-state index contributed by atoms with van der Waals surface area (Å²) in [6.45, 7) is 7.84. The highest BCUT2D eigenvalue weighted by molar-refractivity contribution is 7.13. The maximum atomic E-state index is 12.7. The number of carbonyl (C=O) groups is 1. The number of carbonyl (C=O) groups excluding carboxylic acids is 1. The molecule has 0 spiro atoms. The van der Waals surface area contributed by atoms with E-state index in [-0.39, 0.29) is 12.1 Å². The minimum atomic E-state index is -4.34. The molecule has 164 valence electrons. The first-order valence-electron chi connectivity index (χ1n) is 9.83. The van der Waals surface area contributed by atoms with E-state index in [0.717, 1.165) is 43.8 Å². The third kappa shape index (κ3) is 6.43. The van der Waals surface area contributed by atoms with Crippen LogP contribution in [-0.2, 0) is 17.5 Å². The Morgan fingerprint density at radius 3 is 2.40 bits per heavy atom. The summed E-state index contributed by atoms with van der Waals surface area (Å²) < 4.78 is 43.4. The lowest BCUT2D eigenvalue weighted by Crippen LogP contribution is -2.45. The highest BCUT2D eigenvalue weighted by Crippen LogP contribution is 2.32. The van der Waals surface area contributed by atoms with Gasteiger partial charge in [-0.25, -0.2) is 9.78 Å². The molecule has 2 heterocycles. The molecule has 3 rings (SSSR count). The number of aromatic nitrogens is 1. The van der Waals surface area contributed by atoms with Gasteiger partial charge in [-0.1, -0.05) is 12.1 Å². The lowest BCUT2D eigenvalue weighted by atomic mass is 10.1. The third-order valence-corrected chi connectivity index (χ3v) is 5.65. The molecule has 1 aliphatic rings. The van der Waals surface area contributed by atoms with Crippen LogP contribution in [0.2, 0.25) is 0 Å². The van der Waals surface area contributed by atoms with Gasteiger partial charge in [0.2, 0.25) is 0 Å². The Morgan fingerprint density at radius 2 is 1.83 bits per heavy atom. The first-order chi connectivity index (χ1) is 14.0. The number of benzene rings is 1. The lowest BCUT2D eigenvalue weighted by Gasteiger charge is -2.32. The van der Waals surface area contributed by atoms with E-state index in [0.29, 0.717) is 17.1 Å². The van der Waals surface area contributed by atoms with Crippen molar-refractivity contribution in [3.8, 4) is 10.6 Å². The molecular weight excluding hydrogens is 415 g/mol. The number of rotatable bonds is 4. The number of nitrogens with one attached hydrogen (secondary N) is 1. The largest absolute Gasteiger partial charge is 0.444 e. The van der Waals surface area contributed by atoms with Crippen LogP contribution in [0.5, 0.6) is 0 Å². The number of piperidine rings is 1. The van der Waals surface area contributed by atoms with Crippen LogP contribution in [-0.4, -0.2) is 40.7 Å². The molecule has 1 amide bonds. The van der Waals surface area contributed by atoms with Gasteiger partial charge in [0.25, 0.3) is 0 Å². The molecule has 30 heavy (non-hydrogen) atoms. The minimum Gasteiger partial charge on any atom is -0.444 e. The van der Waals surface area contributed by atoms with Crippen molar-refractivity contribution in [3.05, 3.63) is 40.9 Å². The number of ether oxygens (including phenoxy) is 1. The fourth-order valence-electron chi connectivity index (χ4n) is 3.25. The van der Waals surface area contributed by atoms with Crippen LogP contribution in [0.3, 0.4) is 0 Å². The lowest BCUT2D eigenvalue weighted by molar-refractivity contribution is -0.137.